The van der Waals surface area contributed by atoms with Crippen molar-refractivity contribution in [3.8, 4) is 0 Å². The first-order valence-corrected chi connectivity index (χ1v) is 6.38. The molecular weight excluding hydrogens is 280 g/mol. The van der Waals surface area contributed by atoms with E-state index in [1.807, 2.05) is 24.3 Å². The zero-order valence-electron chi connectivity index (χ0n) is 11.0. The van der Waals surface area contributed by atoms with Crippen molar-refractivity contribution in [1.82, 2.24) is 9.97 Å². The average molecular weight is 293 g/mol. The highest BCUT2D eigenvalue weighted by atomic mass is 35.5. The molecule has 0 radical (unpaired) electrons. The summed E-state index contributed by atoms with van der Waals surface area (Å²) in [5, 5.41) is 13.7. The van der Waals surface area contributed by atoms with Gasteiger partial charge in [-0.3, -0.25) is 10.1 Å². The van der Waals surface area contributed by atoms with E-state index >= 15 is 0 Å². The van der Waals surface area contributed by atoms with Gasteiger partial charge in [0.15, 0.2) is 0 Å². The molecule has 0 aliphatic carbocycles. The van der Waals surface area contributed by atoms with Crippen LogP contribution in [0.25, 0.3) is 0 Å². The molecule has 1 N–H and O–H groups in total. The Balaban J connectivity index is 2.38. The van der Waals surface area contributed by atoms with Crippen LogP contribution in [-0.2, 0) is 0 Å². The van der Waals surface area contributed by atoms with Crippen molar-refractivity contribution in [3.63, 3.8) is 0 Å². The summed E-state index contributed by atoms with van der Waals surface area (Å²) >= 11 is 5.74. The van der Waals surface area contributed by atoms with Gasteiger partial charge in [-0.1, -0.05) is 37.6 Å². The van der Waals surface area contributed by atoms with E-state index in [4.69, 9.17) is 11.6 Å². The van der Waals surface area contributed by atoms with Gasteiger partial charge in [-0.15, -0.1) is 0 Å². The van der Waals surface area contributed by atoms with Crippen LogP contribution in [0.4, 0.5) is 17.2 Å². The molecule has 0 aliphatic rings. The maximum atomic E-state index is 11.0. The standard InChI is InChI=1S/C13H13ClN4O2/c1-8(2)9-4-3-5-10(6-9)17-13-11(18(19)20)12(14)15-7-16-13/h3-8H,1-2H3,(H,15,16,17). The minimum Gasteiger partial charge on any atom is -0.334 e. The molecule has 2 rings (SSSR count). The van der Waals surface area contributed by atoms with Gasteiger partial charge in [0.25, 0.3) is 0 Å². The summed E-state index contributed by atoms with van der Waals surface area (Å²) in [7, 11) is 0. The first kappa shape index (κ1) is 14.2. The van der Waals surface area contributed by atoms with Crippen LogP contribution in [0.15, 0.2) is 30.6 Å². The van der Waals surface area contributed by atoms with E-state index in [2.05, 4.69) is 29.1 Å². The van der Waals surface area contributed by atoms with E-state index in [1.54, 1.807) is 0 Å². The van der Waals surface area contributed by atoms with Crippen LogP contribution in [0.1, 0.15) is 25.3 Å². The molecule has 0 bridgehead atoms. The second-order valence-corrected chi connectivity index (χ2v) is 4.88. The van der Waals surface area contributed by atoms with Crippen LogP contribution in [0.3, 0.4) is 0 Å². The average Bonchev–Trinajstić information content (AvgIpc) is 2.38. The van der Waals surface area contributed by atoms with Crippen molar-refractivity contribution >= 4 is 28.8 Å². The summed E-state index contributed by atoms with van der Waals surface area (Å²) in [6, 6.07) is 7.61. The molecule has 0 unspecified atom stereocenters. The Hall–Kier alpha value is -2.21. The van der Waals surface area contributed by atoms with Crippen LogP contribution in [0, 0.1) is 10.1 Å². The smallest absolute Gasteiger partial charge is 0.334 e. The first-order valence-electron chi connectivity index (χ1n) is 6.01. The largest absolute Gasteiger partial charge is 0.348 e. The highest BCUT2D eigenvalue weighted by molar-refractivity contribution is 6.31. The normalized spacial score (nSPS) is 10.6. The third-order valence-corrected chi connectivity index (χ3v) is 3.05. The summed E-state index contributed by atoms with van der Waals surface area (Å²) in [4.78, 5) is 17.9. The van der Waals surface area contributed by atoms with E-state index in [-0.39, 0.29) is 16.7 Å². The van der Waals surface area contributed by atoms with Gasteiger partial charge < -0.3 is 5.32 Å². The summed E-state index contributed by atoms with van der Waals surface area (Å²) in [5.74, 6) is 0.441. The number of benzene rings is 1. The van der Waals surface area contributed by atoms with Crippen LogP contribution in [0.2, 0.25) is 5.15 Å². The molecule has 104 valence electrons. The number of nitrogens with zero attached hydrogens (tertiary/aromatic N) is 3. The Morgan fingerprint density at radius 2 is 2.10 bits per heavy atom. The van der Waals surface area contributed by atoms with Crippen LogP contribution < -0.4 is 5.32 Å². The van der Waals surface area contributed by atoms with Gasteiger partial charge in [0.2, 0.25) is 11.0 Å². The Bertz CT molecular complexity index is 646. The van der Waals surface area contributed by atoms with Crippen molar-refractivity contribution in [1.29, 1.82) is 0 Å². The van der Waals surface area contributed by atoms with E-state index in [0.29, 0.717) is 11.6 Å². The summed E-state index contributed by atoms with van der Waals surface area (Å²) in [6.45, 7) is 4.15. The fourth-order valence-corrected chi connectivity index (χ4v) is 1.92. The summed E-state index contributed by atoms with van der Waals surface area (Å²) in [5.41, 5.74) is 1.51. The topological polar surface area (TPSA) is 81.0 Å². The molecule has 0 amide bonds. The van der Waals surface area contributed by atoms with Gasteiger partial charge in [-0.2, -0.15) is 0 Å². The molecule has 0 saturated heterocycles. The third-order valence-electron chi connectivity index (χ3n) is 2.78. The quantitative estimate of drug-likeness (QED) is 0.525. The molecular formula is C13H13ClN4O2. The fraction of sp³-hybridized carbons (Fsp3) is 0.231. The third kappa shape index (κ3) is 3.03. The van der Waals surface area contributed by atoms with Crippen LogP contribution in [0.5, 0.6) is 0 Å². The van der Waals surface area contributed by atoms with E-state index < -0.39 is 4.92 Å². The maximum Gasteiger partial charge on any atom is 0.348 e. The number of rotatable bonds is 4. The molecule has 1 aromatic carbocycles. The molecule has 2 aromatic rings. The number of hydrogen-bond donors (Lipinski definition) is 1. The molecule has 6 nitrogen and oxygen atoms in total. The van der Waals surface area contributed by atoms with Gasteiger partial charge in [-0.25, -0.2) is 9.97 Å². The molecule has 0 fully saturated rings. The highest BCUT2D eigenvalue weighted by Gasteiger charge is 2.21. The van der Waals surface area contributed by atoms with Crippen molar-refractivity contribution in [2.75, 3.05) is 5.32 Å². The lowest BCUT2D eigenvalue weighted by molar-refractivity contribution is -0.384. The number of aromatic nitrogens is 2. The lowest BCUT2D eigenvalue weighted by Gasteiger charge is -2.10. The Morgan fingerprint density at radius 3 is 2.75 bits per heavy atom. The Labute approximate surface area is 121 Å². The number of anilines is 2. The molecule has 0 aliphatic heterocycles. The van der Waals surface area contributed by atoms with E-state index in [1.165, 1.54) is 6.33 Å². The van der Waals surface area contributed by atoms with Crippen molar-refractivity contribution < 1.29 is 4.92 Å². The van der Waals surface area contributed by atoms with Gasteiger partial charge in [-0.05, 0) is 23.6 Å². The van der Waals surface area contributed by atoms with Crippen LogP contribution >= 0.6 is 11.6 Å². The number of nitro groups is 1. The number of hydrogen-bond acceptors (Lipinski definition) is 5. The minimum atomic E-state index is -0.600. The molecule has 20 heavy (non-hydrogen) atoms. The summed E-state index contributed by atoms with van der Waals surface area (Å²) < 4.78 is 0. The van der Waals surface area contributed by atoms with Crippen molar-refractivity contribution in [3.05, 3.63) is 51.4 Å². The second kappa shape index (κ2) is 5.83. The van der Waals surface area contributed by atoms with Crippen LogP contribution in [-0.4, -0.2) is 14.9 Å². The number of halogens is 1. The van der Waals surface area contributed by atoms with Crippen molar-refractivity contribution in [2.24, 2.45) is 0 Å². The Kier molecular flexibility index (Phi) is 4.14. The van der Waals surface area contributed by atoms with Gasteiger partial charge in [0, 0.05) is 5.69 Å². The molecule has 0 saturated carbocycles. The molecule has 0 atom stereocenters. The number of nitrogens with one attached hydrogen (secondary N) is 1. The lowest BCUT2D eigenvalue weighted by Crippen LogP contribution is -2.02. The second-order valence-electron chi connectivity index (χ2n) is 4.52. The highest BCUT2D eigenvalue weighted by Crippen LogP contribution is 2.31. The zero-order chi connectivity index (χ0) is 14.7. The minimum absolute atomic E-state index is 0.0795. The molecule has 7 heteroatoms. The predicted octanol–water partition coefficient (Wildman–Crippen LogP) is 3.91. The zero-order valence-corrected chi connectivity index (χ0v) is 11.8. The SMILES string of the molecule is CC(C)c1cccc(Nc2ncnc(Cl)c2[N+](=O)[O-])c1. The first-order chi connectivity index (χ1) is 9.49. The predicted molar refractivity (Wildman–Crippen MR) is 77.5 cm³/mol. The Morgan fingerprint density at radius 1 is 1.35 bits per heavy atom. The van der Waals surface area contributed by atoms with Gasteiger partial charge in [0.1, 0.15) is 6.33 Å². The maximum absolute atomic E-state index is 11.0. The van der Waals surface area contributed by atoms with Crippen molar-refractivity contribution in [2.45, 2.75) is 19.8 Å². The fourth-order valence-electron chi connectivity index (χ4n) is 1.72. The summed E-state index contributed by atoms with van der Waals surface area (Å²) in [6.07, 6.45) is 1.18. The van der Waals surface area contributed by atoms with Gasteiger partial charge >= 0.3 is 5.69 Å². The van der Waals surface area contributed by atoms with E-state index in [9.17, 15) is 10.1 Å². The molecule has 0 spiro atoms. The lowest BCUT2D eigenvalue weighted by atomic mass is 10.0. The van der Waals surface area contributed by atoms with Gasteiger partial charge in [0.05, 0.1) is 4.92 Å². The van der Waals surface area contributed by atoms with E-state index in [0.717, 1.165) is 5.56 Å². The monoisotopic (exact) mass is 292 g/mol. The molecule has 1 aromatic heterocycles. The molecule has 1 heterocycles.